The van der Waals surface area contributed by atoms with E-state index in [-0.39, 0.29) is 0 Å². The highest BCUT2D eigenvalue weighted by atomic mass is 79.9. The summed E-state index contributed by atoms with van der Waals surface area (Å²) in [7, 11) is 0. The lowest BCUT2D eigenvalue weighted by atomic mass is 9.67. The van der Waals surface area contributed by atoms with Crippen molar-refractivity contribution in [3.8, 4) is 0 Å². The lowest BCUT2D eigenvalue weighted by molar-refractivity contribution is 0.142. The smallest absolute Gasteiger partial charge is 0.238 e. The second kappa shape index (κ2) is 4.47. The van der Waals surface area contributed by atoms with Gasteiger partial charge in [0.1, 0.15) is 0 Å². The third-order valence-electron chi connectivity index (χ3n) is 4.31. The van der Waals surface area contributed by atoms with Gasteiger partial charge in [0.25, 0.3) is 0 Å². The summed E-state index contributed by atoms with van der Waals surface area (Å²) in [6.07, 6.45) is 9.57. The first kappa shape index (κ1) is 10.8. The molecular formula is C12H17BrN2O. The van der Waals surface area contributed by atoms with E-state index in [9.17, 15) is 0 Å². The van der Waals surface area contributed by atoms with E-state index in [0.29, 0.717) is 10.7 Å². The molecule has 0 spiro atoms. The van der Waals surface area contributed by atoms with Gasteiger partial charge in [-0.15, -0.1) is 0 Å². The van der Waals surface area contributed by atoms with Crippen molar-refractivity contribution in [1.29, 1.82) is 0 Å². The lowest BCUT2D eigenvalue weighted by Gasteiger charge is -2.38. The second-order valence-electron chi connectivity index (χ2n) is 5.22. The highest BCUT2D eigenvalue weighted by Crippen LogP contribution is 2.45. The SMILES string of the molecule is Brc1noc(C2CCC3CCCCC3C2)n1. The van der Waals surface area contributed by atoms with Gasteiger partial charge in [0, 0.05) is 5.92 Å². The number of hydrogen-bond donors (Lipinski definition) is 0. The van der Waals surface area contributed by atoms with Gasteiger partial charge < -0.3 is 4.52 Å². The Balaban J connectivity index is 1.70. The maximum Gasteiger partial charge on any atom is 0.238 e. The standard InChI is InChI=1S/C12H17BrN2O/c13-12-14-11(16-15-12)10-6-5-8-3-1-2-4-9(8)7-10/h8-10H,1-7H2. The monoisotopic (exact) mass is 284 g/mol. The molecule has 2 saturated carbocycles. The molecule has 3 unspecified atom stereocenters. The van der Waals surface area contributed by atoms with E-state index in [1.54, 1.807) is 0 Å². The van der Waals surface area contributed by atoms with Crippen LogP contribution in [0.3, 0.4) is 0 Å². The Morgan fingerprint density at radius 1 is 1.06 bits per heavy atom. The molecule has 1 heterocycles. The summed E-state index contributed by atoms with van der Waals surface area (Å²) in [6.45, 7) is 0. The zero-order valence-corrected chi connectivity index (χ0v) is 10.9. The highest BCUT2D eigenvalue weighted by Gasteiger charge is 2.34. The van der Waals surface area contributed by atoms with Gasteiger partial charge in [-0.05, 0) is 52.2 Å². The highest BCUT2D eigenvalue weighted by molar-refractivity contribution is 9.10. The molecule has 4 heteroatoms. The van der Waals surface area contributed by atoms with Gasteiger partial charge >= 0.3 is 0 Å². The van der Waals surface area contributed by atoms with E-state index in [4.69, 9.17) is 4.52 Å². The molecule has 0 radical (unpaired) electrons. The minimum absolute atomic E-state index is 0.512. The van der Waals surface area contributed by atoms with E-state index < -0.39 is 0 Å². The van der Waals surface area contributed by atoms with Crippen molar-refractivity contribution in [3.63, 3.8) is 0 Å². The number of aromatic nitrogens is 2. The molecule has 88 valence electrons. The van der Waals surface area contributed by atoms with Crippen LogP contribution in [0.25, 0.3) is 0 Å². The van der Waals surface area contributed by atoms with Gasteiger partial charge in [-0.2, -0.15) is 4.98 Å². The average Bonchev–Trinajstić information content (AvgIpc) is 2.75. The lowest BCUT2D eigenvalue weighted by Crippen LogP contribution is -2.26. The summed E-state index contributed by atoms with van der Waals surface area (Å²) in [6, 6.07) is 0. The van der Waals surface area contributed by atoms with E-state index in [2.05, 4.69) is 26.1 Å². The van der Waals surface area contributed by atoms with Crippen LogP contribution < -0.4 is 0 Å². The second-order valence-corrected chi connectivity index (χ2v) is 5.93. The van der Waals surface area contributed by atoms with Crippen LogP contribution in [-0.4, -0.2) is 10.1 Å². The molecule has 3 atom stereocenters. The molecule has 2 fully saturated rings. The Hall–Kier alpha value is -0.380. The molecule has 0 saturated heterocycles. The Labute approximate surface area is 104 Å². The topological polar surface area (TPSA) is 38.9 Å². The Kier molecular flexibility index (Phi) is 3.01. The van der Waals surface area contributed by atoms with E-state index in [1.165, 1.54) is 44.9 Å². The van der Waals surface area contributed by atoms with Crippen LogP contribution in [0.15, 0.2) is 9.26 Å². The van der Waals surface area contributed by atoms with Crippen LogP contribution in [0.5, 0.6) is 0 Å². The van der Waals surface area contributed by atoms with Crippen LogP contribution in [0, 0.1) is 11.8 Å². The molecule has 16 heavy (non-hydrogen) atoms. The Bertz CT molecular complexity index is 366. The first-order valence-electron chi connectivity index (χ1n) is 6.32. The normalized spacial score (nSPS) is 34.7. The maximum atomic E-state index is 5.28. The van der Waals surface area contributed by atoms with Crippen LogP contribution in [0.4, 0.5) is 0 Å². The molecule has 0 aromatic carbocycles. The number of halogens is 1. The summed E-state index contributed by atoms with van der Waals surface area (Å²) in [4.78, 5) is 4.31. The maximum absolute atomic E-state index is 5.28. The summed E-state index contributed by atoms with van der Waals surface area (Å²) in [5.74, 6) is 3.25. The van der Waals surface area contributed by atoms with Crippen molar-refractivity contribution >= 4 is 15.9 Å². The Morgan fingerprint density at radius 3 is 2.62 bits per heavy atom. The average molecular weight is 285 g/mol. The summed E-state index contributed by atoms with van der Waals surface area (Å²) in [5, 5.41) is 3.83. The molecule has 2 aliphatic rings. The molecule has 2 aliphatic carbocycles. The van der Waals surface area contributed by atoms with Gasteiger partial charge in [-0.1, -0.05) is 25.7 Å². The molecule has 0 amide bonds. The summed E-state index contributed by atoms with van der Waals surface area (Å²) < 4.78 is 5.87. The van der Waals surface area contributed by atoms with E-state index in [1.807, 2.05) is 0 Å². The minimum atomic E-state index is 0.512. The van der Waals surface area contributed by atoms with Gasteiger partial charge in [0.2, 0.25) is 10.6 Å². The molecule has 0 N–H and O–H groups in total. The zero-order chi connectivity index (χ0) is 11.0. The molecule has 3 rings (SSSR count). The number of nitrogens with zero attached hydrogens (tertiary/aromatic N) is 2. The first-order valence-corrected chi connectivity index (χ1v) is 7.11. The van der Waals surface area contributed by atoms with Gasteiger partial charge in [0.15, 0.2) is 0 Å². The van der Waals surface area contributed by atoms with Gasteiger partial charge in [0.05, 0.1) is 0 Å². The molecule has 0 bridgehead atoms. The van der Waals surface area contributed by atoms with Crippen LogP contribution in [0.1, 0.15) is 56.8 Å². The third kappa shape index (κ3) is 2.04. The predicted molar refractivity (Wildman–Crippen MR) is 64.0 cm³/mol. The van der Waals surface area contributed by atoms with Crippen molar-refractivity contribution in [2.75, 3.05) is 0 Å². The number of rotatable bonds is 1. The Morgan fingerprint density at radius 2 is 1.88 bits per heavy atom. The van der Waals surface area contributed by atoms with Gasteiger partial charge in [-0.25, -0.2) is 0 Å². The fourth-order valence-electron chi connectivity index (χ4n) is 3.48. The van der Waals surface area contributed by atoms with Gasteiger partial charge in [-0.3, -0.25) is 0 Å². The molecule has 0 aliphatic heterocycles. The van der Waals surface area contributed by atoms with Crippen molar-refractivity contribution in [1.82, 2.24) is 10.1 Å². The fraction of sp³-hybridized carbons (Fsp3) is 0.833. The molecule has 1 aromatic heterocycles. The van der Waals surface area contributed by atoms with Crippen LogP contribution in [-0.2, 0) is 0 Å². The van der Waals surface area contributed by atoms with E-state index in [0.717, 1.165) is 17.7 Å². The van der Waals surface area contributed by atoms with Crippen molar-refractivity contribution in [2.24, 2.45) is 11.8 Å². The predicted octanol–water partition coefficient (Wildman–Crippen LogP) is 3.91. The van der Waals surface area contributed by atoms with Crippen molar-refractivity contribution in [2.45, 2.75) is 50.9 Å². The number of hydrogen-bond acceptors (Lipinski definition) is 3. The fourth-order valence-corrected chi connectivity index (χ4v) is 3.73. The van der Waals surface area contributed by atoms with E-state index >= 15 is 0 Å². The van der Waals surface area contributed by atoms with Crippen molar-refractivity contribution < 1.29 is 4.52 Å². The summed E-state index contributed by atoms with van der Waals surface area (Å²) >= 11 is 3.25. The van der Waals surface area contributed by atoms with Crippen LogP contribution >= 0.6 is 15.9 Å². The molecule has 3 nitrogen and oxygen atoms in total. The zero-order valence-electron chi connectivity index (χ0n) is 9.36. The largest absolute Gasteiger partial charge is 0.338 e. The first-order chi connectivity index (χ1) is 7.83. The van der Waals surface area contributed by atoms with Crippen molar-refractivity contribution in [3.05, 3.63) is 10.6 Å². The summed E-state index contributed by atoms with van der Waals surface area (Å²) in [5.41, 5.74) is 0. The quantitative estimate of drug-likeness (QED) is 0.785. The molecular weight excluding hydrogens is 268 g/mol. The van der Waals surface area contributed by atoms with Crippen LogP contribution in [0.2, 0.25) is 0 Å². The molecule has 1 aromatic rings. The number of fused-ring (bicyclic) bond motifs is 1. The third-order valence-corrected chi connectivity index (χ3v) is 4.63. The minimum Gasteiger partial charge on any atom is -0.338 e.